The highest BCUT2D eigenvalue weighted by atomic mass is 32.2. The van der Waals surface area contributed by atoms with E-state index in [-0.39, 0.29) is 10.9 Å². The van der Waals surface area contributed by atoms with Crippen LogP contribution in [0.25, 0.3) is 10.8 Å². The van der Waals surface area contributed by atoms with Gasteiger partial charge in [0.2, 0.25) is 10.0 Å². The van der Waals surface area contributed by atoms with E-state index in [4.69, 9.17) is 5.14 Å². The van der Waals surface area contributed by atoms with Crippen LogP contribution < -0.4 is 5.14 Å². The lowest BCUT2D eigenvalue weighted by Crippen LogP contribution is -2.22. The molecular weight excluding hydrogens is 332 g/mol. The quantitative estimate of drug-likeness (QED) is 0.760. The van der Waals surface area contributed by atoms with Gasteiger partial charge in [-0.25, -0.2) is 13.6 Å². The van der Waals surface area contributed by atoms with Crippen LogP contribution in [0.5, 0.6) is 0 Å². The van der Waals surface area contributed by atoms with Crippen molar-refractivity contribution in [2.24, 2.45) is 5.14 Å². The van der Waals surface area contributed by atoms with Crippen LogP contribution in [0.15, 0.2) is 71.6 Å². The number of rotatable bonds is 5. The third-order valence-electron chi connectivity index (χ3n) is 4.63. The largest absolute Gasteiger partial charge is 0.295 e. The molecule has 3 aromatic carbocycles. The number of nitrogens with two attached hydrogens (primary N) is 1. The Balaban J connectivity index is 1.87. The summed E-state index contributed by atoms with van der Waals surface area (Å²) < 4.78 is 23.2. The SMILES string of the molecule is CC(c1cccc(S(N)(=O)=O)c1)N(C)Cc1cccc2ccccc12. The van der Waals surface area contributed by atoms with E-state index in [2.05, 4.69) is 42.2 Å². The second-order valence-electron chi connectivity index (χ2n) is 6.35. The summed E-state index contributed by atoms with van der Waals surface area (Å²) in [7, 11) is -1.65. The molecule has 0 aliphatic rings. The molecule has 0 bridgehead atoms. The maximum absolute atomic E-state index is 11.6. The van der Waals surface area contributed by atoms with E-state index in [1.54, 1.807) is 12.1 Å². The van der Waals surface area contributed by atoms with E-state index in [0.717, 1.165) is 12.1 Å². The molecule has 0 spiro atoms. The molecule has 130 valence electrons. The van der Waals surface area contributed by atoms with Crippen molar-refractivity contribution in [2.75, 3.05) is 7.05 Å². The maximum atomic E-state index is 11.6. The van der Waals surface area contributed by atoms with Gasteiger partial charge >= 0.3 is 0 Å². The Kier molecular flexibility index (Phi) is 4.90. The maximum Gasteiger partial charge on any atom is 0.238 e. The van der Waals surface area contributed by atoms with Gasteiger partial charge in [-0.1, -0.05) is 54.6 Å². The standard InChI is InChI=1S/C20H22N2O2S/c1-15(17-9-6-11-19(13-17)25(21,23)24)22(2)14-18-10-5-8-16-7-3-4-12-20(16)18/h3-13,15H,14H2,1-2H3,(H2,21,23,24). The molecule has 1 atom stereocenters. The van der Waals surface area contributed by atoms with Crippen molar-refractivity contribution in [3.05, 3.63) is 77.9 Å². The van der Waals surface area contributed by atoms with Crippen molar-refractivity contribution in [3.8, 4) is 0 Å². The zero-order valence-corrected chi connectivity index (χ0v) is 15.2. The van der Waals surface area contributed by atoms with Crippen molar-refractivity contribution in [1.29, 1.82) is 0 Å². The first-order chi connectivity index (χ1) is 11.9. The third kappa shape index (κ3) is 3.90. The summed E-state index contributed by atoms with van der Waals surface area (Å²) in [5, 5.41) is 7.70. The van der Waals surface area contributed by atoms with Crippen LogP contribution in [-0.2, 0) is 16.6 Å². The van der Waals surface area contributed by atoms with E-state index in [1.165, 1.54) is 22.4 Å². The molecule has 0 saturated heterocycles. The number of benzene rings is 3. The van der Waals surface area contributed by atoms with Gasteiger partial charge in [-0.15, -0.1) is 0 Å². The molecule has 25 heavy (non-hydrogen) atoms. The number of hydrogen-bond donors (Lipinski definition) is 1. The van der Waals surface area contributed by atoms with Crippen molar-refractivity contribution < 1.29 is 8.42 Å². The Morgan fingerprint density at radius 1 is 1.00 bits per heavy atom. The second-order valence-corrected chi connectivity index (χ2v) is 7.91. The van der Waals surface area contributed by atoms with Gasteiger partial charge in [-0.2, -0.15) is 0 Å². The van der Waals surface area contributed by atoms with Gasteiger partial charge in [0, 0.05) is 12.6 Å². The van der Waals surface area contributed by atoms with Crippen LogP contribution in [0.3, 0.4) is 0 Å². The predicted molar refractivity (Wildman–Crippen MR) is 102 cm³/mol. The second kappa shape index (κ2) is 6.96. The first-order valence-electron chi connectivity index (χ1n) is 8.16. The molecule has 0 amide bonds. The summed E-state index contributed by atoms with van der Waals surface area (Å²) in [4.78, 5) is 2.35. The Morgan fingerprint density at radius 3 is 2.44 bits per heavy atom. The van der Waals surface area contributed by atoms with Crippen molar-refractivity contribution in [1.82, 2.24) is 4.90 Å². The van der Waals surface area contributed by atoms with E-state index in [0.29, 0.717) is 0 Å². The fourth-order valence-corrected chi connectivity index (χ4v) is 3.61. The van der Waals surface area contributed by atoms with E-state index >= 15 is 0 Å². The van der Waals surface area contributed by atoms with Crippen LogP contribution in [0.4, 0.5) is 0 Å². The van der Waals surface area contributed by atoms with E-state index < -0.39 is 10.0 Å². The molecule has 4 nitrogen and oxygen atoms in total. The summed E-state index contributed by atoms with van der Waals surface area (Å²) in [5.74, 6) is 0. The molecule has 0 fully saturated rings. The Hall–Kier alpha value is -2.21. The van der Waals surface area contributed by atoms with Crippen LogP contribution in [0, 0.1) is 0 Å². The van der Waals surface area contributed by atoms with Gasteiger partial charge < -0.3 is 0 Å². The van der Waals surface area contributed by atoms with Gasteiger partial charge in [0.1, 0.15) is 0 Å². The Labute approximate surface area is 148 Å². The van der Waals surface area contributed by atoms with Gasteiger partial charge in [-0.3, -0.25) is 4.90 Å². The summed E-state index contributed by atoms with van der Waals surface area (Å²) in [6.07, 6.45) is 0. The number of fused-ring (bicyclic) bond motifs is 1. The topological polar surface area (TPSA) is 63.4 Å². The van der Waals surface area contributed by atoms with E-state index in [1.807, 2.05) is 25.2 Å². The fraction of sp³-hybridized carbons (Fsp3) is 0.200. The fourth-order valence-electron chi connectivity index (χ4n) is 3.04. The summed E-state index contributed by atoms with van der Waals surface area (Å²) in [6.45, 7) is 2.83. The molecule has 2 N–H and O–H groups in total. The zero-order chi connectivity index (χ0) is 18.0. The Bertz CT molecular complexity index is 994. The summed E-state index contributed by atoms with van der Waals surface area (Å²) in [6, 6.07) is 21.5. The monoisotopic (exact) mass is 354 g/mol. The number of hydrogen-bond acceptors (Lipinski definition) is 3. The minimum atomic E-state index is -3.69. The van der Waals surface area contributed by atoms with Crippen molar-refractivity contribution in [2.45, 2.75) is 24.4 Å². The average molecular weight is 354 g/mol. The molecule has 0 saturated carbocycles. The van der Waals surface area contributed by atoms with Crippen LogP contribution >= 0.6 is 0 Å². The molecule has 0 radical (unpaired) electrons. The lowest BCUT2D eigenvalue weighted by atomic mass is 10.0. The van der Waals surface area contributed by atoms with Crippen LogP contribution in [0.2, 0.25) is 0 Å². The average Bonchev–Trinajstić information content (AvgIpc) is 2.61. The molecule has 5 heteroatoms. The van der Waals surface area contributed by atoms with Gasteiger partial charge in [0.15, 0.2) is 0 Å². The minimum Gasteiger partial charge on any atom is -0.295 e. The lowest BCUT2D eigenvalue weighted by molar-refractivity contribution is 0.254. The third-order valence-corrected chi connectivity index (χ3v) is 5.54. The van der Waals surface area contributed by atoms with Crippen molar-refractivity contribution >= 4 is 20.8 Å². The molecule has 1 unspecified atom stereocenters. The molecular formula is C20H22N2O2S. The first kappa shape index (κ1) is 17.6. The normalized spacial score (nSPS) is 13.3. The highest BCUT2D eigenvalue weighted by molar-refractivity contribution is 7.89. The minimum absolute atomic E-state index is 0.0562. The molecule has 0 aliphatic heterocycles. The van der Waals surface area contributed by atoms with Crippen molar-refractivity contribution in [3.63, 3.8) is 0 Å². The molecule has 0 aromatic heterocycles. The molecule has 3 aromatic rings. The highest BCUT2D eigenvalue weighted by Gasteiger charge is 2.16. The Morgan fingerprint density at radius 2 is 1.68 bits per heavy atom. The molecule has 0 heterocycles. The van der Waals surface area contributed by atoms with Gasteiger partial charge in [0.25, 0.3) is 0 Å². The number of sulfonamides is 1. The number of primary sulfonamides is 1. The van der Waals surface area contributed by atoms with E-state index in [9.17, 15) is 8.42 Å². The first-order valence-corrected chi connectivity index (χ1v) is 9.70. The smallest absolute Gasteiger partial charge is 0.238 e. The lowest BCUT2D eigenvalue weighted by Gasteiger charge is -2.26. The van der Waals surface area contributed by atoms with Gasteiger partial charge in [-0.05, 0) is 48.0 Å². The highest BCUT2D eigenvalue weighted by Crippen LogP contribution is 2.25. The predicted octanol–water partition coefficient (Wildman–Crippen LogP) is 3.68. The van der Waals surface area contributed by atoms with Crippen LogP contribution in [-0.4, -0.2) is 20.4 Å². The molecule has 3 rings (SSSR count). The zero-order valence-electron chi connectivity index (χ0n) is 14.4. The summed E-state index contributed by atoms with van der Waals surface area (Å²) in [5.41, 5.74) is 2.17. The number of nitrogens with zero attached hydrogens (tertiary/aromatic N) is 1. The van der Waals surface area contributed by atoms with Crippen LogP contribution in [0.1, 0.15) is 24.1 Å². The van der Waals surface area contributed by atoms with Gasteiger partial charge in [0.05, 0.1) is 4.90 Å². The molecule has 0 aliphatic carbocycles. The summed E-state index contributed by atoms with van der Waals surface area (Å²) >= 11 is 0.